The number of hydrogen-bond donors (Lipinski definition) is 2. The Bertz CT molecular complexity index is 262. The second-order valence-electron chi connectivity index (χ2n) is 4.58. The molecule has 0 heterocycles. The summed E-state index contributed by atoms with van der Waals surface area (Å²) in [7, 11) is -4.07. The minimum atomic E-state index is -4.07. The van der Waals surface area contributed by atoms with Crippen LogP contribution in [0.4, 0.5) is 0 Å². The molecule has 0 fully saturated rings. The van der Waals surface area contributed by atoms with Crippen molar-refractivity contribution in [1.82, 2.24) is 0 Å². The van der Waals surface area contributed by atoms with Gasteiger partial charge >= 0.3 is 0 Å². The zero-order chi connectivity index (χ0) is 13.1. The standard InChI is InChI=1S/C12H26O4S/c1-2-3-4-5-6-7-8-9-10-12(11-13)17(14,15)16/h12-13H,2-11H2,1H3,(H,14,15,16). The molecule has 0 aromatic heterocycles. The van der Waals surface area contributed by atoms with E-state index in [0.29, 0.717) is 6.42 Å². The summed E-state index contributed by atoms with van der Waals surface area (Å²) in [6.45, 7) is 1.69. The number of rotatable bonds is 11. The third kappa shape index (κ3) is 9.56. The minimum absolute atomic E-state index is 0.351. The summed E-state index contributed by atoms with van der Waals surface area (Å²) in [5.74, 6) is 0. The summed E-state index contributed by atoms with van der Waals surface area (Å²) in [6, 6.07) is 0. The molecule has 0 aliphatic carbocycles. The zero-order valence-electron chi connectivity index (χ0n) is 10.8. The summed E-state index contributed by atoms with van der Waals surface area (Å²) >= 11 is 0. The van der Waals surface area contributed by atoms with Gasteiger partial charge in [0.25, 0.3) is 10.1 Å². The van der Waals surface area contributed by atoms with Gasteiger partial charge in [0.05, 0.1) is 6.61 Å². The molecule has 0 aromatic rings. The zero-order valence-corrected chi connectivity index (χ0v) is 11.6. The molecule has 0 amide bonds. The summed E-state index contributed by atoms with van der Waals surface area (Å²) < 4.78 is 30.4. The highest BCUT2D eigenvalue weighted by atomic mass is 32.2. The average molecular weight is 266 g/mol. The summed E-state index contributed by atoms with van der Waals surface area (Å²) in [5, 5.41) is 7.82. The maximum Gasteiger partial charge on any atom is 0.270 e. The molecule has 0 bridgehead atoms. The first-order valence-electron chi connectivity index (χ1n) is 6.59. The molecule has 0 aliphatic rings. The highest BCUT2D eigenvalue weighted by molar-refractivity contribution is 7.86. The van der Waals surface area contributed by atoms with E-state index in [9.17, 15) is 8.42 Å². The fourth-order valence-electron chi connectivity index (χ4n) is 1.84. The van der Waals surface area contributed by atoms with E-state index in [0.717, 1.165) is 19.3 Å². The fourth-order valence-corrected chi connectivity index (χ4v) is 2.49. The quantitative estimate of drug-likeness (QED) is 0.445. The Hall–Kier alpha value is -0.130. The molecule has 104 valence electrons. The van der Waals surface area contributed by atoms with Gasteiger partial charge in [-0.15, -0.1) is 0 Å². The van der Waals surface area contributed by atoms with Crippen molar-refractivity contribution < 1.29 is 18.1 Å². The molecular weight excluding hydrogens is 240 g/mol. The van der Waals surface area contributed by atoms with Crippen molar-refractivity contribution >= 4 is 10.1 Å². The smallest absolute Gasteiger partial charge is 0.270 e. The number of hydrogen-bond acceptors (Lipinski definition) is 3. The van der Waals surface area contributed by atoms with Gasteiger partial charge in [0, 0.05) is 0 Å². The molecular formula is C12H26O4S. The summed E-state index contributed by atoms with van der Waals surface area (Å²) in [5.41, 5.74) is 0. The van der Waals surface area contributed by atoms with Gasteiger partial charge in [-0.3, -0.25) is 4.55 Å². The maximum absolute atomic E-state index is 10.8. The third-order valence-electron chi connectivity index (χ3n) is 3.00. The molecule has 0 spiro atoms. The lowest BCUT2D eigenvalue weighted by Crippen LogP contribution is -2.24. The lowest BCUT2D eigenvalue weighted by molar-refractivity contribution is 0.276. The van der Waals surface area contributed by atoms with E-state index in [1.165, 1.54) is 32.1 Å². The lowest BCUT2D eigenvalue weighted by Gasteiger charge is -2.10. The van der Waals surface area contributed by atoms with E-state index in [4.69, 9.17) is 9.66 Å². The van der Waals surface area contributed by atoms with Crippen LogP contribution in [0.3, 0.4) is 0 Å². The largest absolute Gasteiger partial charge is 0.395 e. The van der Waals surface area contributed by atoms with Gasteiger partial charge in [-0.25, -0.2) is 0 Å². The Morgan fingerprint density at radius 1 is 0.941 bits per heavy atom. The van der Waals surface area contributed by atoms with Crippen LogP contribution in [0.5, 0.6) is 0 Å². The Balaban J connectivity index is 3.44. The van der Waals surface area contributed by atoms with Gasteiger partial charge in [0.15, 0.2) is 0 Å². The normalized spacial score (nSPS) is 13.8. The van der Waals surface area contributed by atoms with Crippen LogP contribution in [0, 0.1) is 0 Å². The molecule has 0 rings (SSSR count). The Morgan fingerprint density at radius 3 is 1.82 bits per heavy atom. The van der Waals surface area contributed by atoms with Crippen molar-refractivity contribution in [2.24, 2.45) is 0 Å². The predicted octanol–water partition coefficient (Wildman–Crippen LogP) is 2.77. The van der Waals surface area contributed by atoms with Crippen LogP contribution in [-0.4, -0.2) is 29.9 Å². The van der Waals surface area contributed by atoms with Gasteiger partial charge in [-0.2, -0.15) is 8.42 Å². The van der Waals surface area contributed by atoms with Crippen molar-refractivity contribution in [2.45, 2.75) is 70.0 Å². The molecule has 1 unspecified atom stereocenters. The molecule has 0 aliphatic heterocycles. The van der Waals surface area contributed by atoms with Gasteiger partial charge in [-0.05, 0) is 6.42 Å². The number of unbranched alkanes of at least 4 members (excludes halogenated alkanes) is 7. The Kier molecular flexibility index (Phi) is 9.78. The summed E-state index contributed by atoms with van der Waals surface area (Å²) in [6.07, 6.45) is 9.42. The van der Waals surface area contributed by atoms with Crippen LogP contribution < -0.4 is 0 Å². The minimum Gasteiger partial charge on any atom is -0.395 e. The monoisotopic (exact) mass is 266 g/mol. The van der Waals surface area contributed by atoms with Crippen molar-refractivity contribution in [3.8, 4) is 0 Å². The molecule has 5 heteroatoms. The van der Waals surface area contributed by atoms with Gasteiger partial charge in [0.1, 0.15) is 5.25 Å². The van der Waals surface area contributed by atoms with Crippen LogP contribution in [0.15, 0.2) is 0 Å². The van der Waals surface area contributed by atoms with E-state index in [1.54, 1.807) is 0 Å². The SMILES string of the molecule is CCCCCCCCCCC(CO)S(=O)(=O)O. The first-order chi connectivity index (χ1) is 8.02. The van der Waals surface area contributed by atoms with Crippen LogP contribution in [-0.2, 0) is 10.1 Å². The van der Waals surface area contributed by atoms with Crippen LogP contribution in [0.1, 0.15) is 64.7 Å². The van der Waals surface area contributed by atoms with Crippen LogP contribution >= 0.6 is 0 Å². The fraction of sp³-hybridized carbons (Fsp3) is 1.00. The molecule has 0 radical (unpaired) electrons. The van der Waals surface area contributed by atoms with E-state index in [2.05, 4.69) is 6.92 Å². The van der Waals surface area contributed by atoms with Gasteiger partial charge < -0.3 is 5.11 Å². The molecule has 1 atom stereocenters. The molecule has 0 saturated carbocycles. The van der Waals surface area contributed by atoms with Crippen molar-refractivity contribution in [3.05, 3.63) is 0 Å². The van der Waals surface area contributed by atoms with Crippen molar-refractivity contribution in [1.29, 1.82) is 0 Å². The number of aliphatic hydroxyl groups is 1. The second kappa shape index (κ2) is 9.85. The molecule has 2 N–H and O–H groups in total. The highest BCUT2D eigenvalue weighted by Crippen LogP contribution is 2.13. The average Bonchev–Trinajstić information content (AvgIpc) is 2.25. The first kappa shape index (κ1) is 16.9. The van der Waals surface area contributed by atoms with E-state index in [-0.39, 0.29) is 0 Å². The van der Waals surface area contributed by atoms with Crippen molar-refractivity contribution in [2.75, 3.05) is 6.61 Å². The maximum atomic E-state index is 10.8. The lowest BCUT2D eigenvalue weighted by atomic mass is 10.1. The Labute approximate surface area is 105 Å². The molecule has 0 saturated heterocycles. The van der Waals surface area contributed by atoms with Crippen LogP contribution in [0.2, 0.25) is 0 Å². The van der Waals surface area contributed by atoms with Gasteiger partial charge in [-0.1, -0.05) is 58.3 Å². The molecule has 4 nitrogen and oxygen atoms in total. The predicted molar refractivity (Wildman–Crippen MR) is 69.6 cm³/mol. The summed E-state index contributed by atoms with van der Waals surface area (Å²) in [4.78, 5) is 0. The van der Waals surface area contributed by atoms with E-state index >= 15 is 0 Å². The first-order valence-corrected chi connectivity index (χ1v) is 8.09. The molecule has 17 heavy (non-hydrogen) atoms. The van der Waals surface area contributed by atoms with E-state index in [1.807, 2.05) is 0 Å². The van der Waals surface area contributed by atoms with Gasteiger partial charge in [0.2, 0.25) is 0 Å². The van der Waals surface area contributed by atoms with Crippen LogP contribution in [0.25, 0.3) is 0 Å². The topological polar surface area (TPSA) is 74.6 Å². The highest BCUT2D eigenvalue weighted by Gasteiger charge is 2.20. The van der Waals surface area contributed by atoms with Crippen molar-refractivity contribution in [3.63, 3.8) is 0 Å². The molecule has 0 aromatic carbocycles. The third-order valence-corrected chi connectivity index (χ3v) is 4.23. The van der Waals surface area contributed by atoms with E-state index < -0.39 is 22.0 Å². The Morgan fingerprint density at radius 2 is 1.41 bits per heavy atom. The second-order valence-corrected chi connectivity index (χ2v) is 6.28. The number of aliphatic hydroxyl groups excluding tert-OH is 1.